The maximum absolute atomic E-state index is 11.2. The van der Waals surface area contributed by atoms with Gasteiger partial charge in [-0.1, -0.05) is 23.7 Å². The molecule has 0 saturated heterocycles. The molecule has 0 saturated carbocycles. The third-order valence-corrected chi connectivity index (χ3v) is 1.66. The number of carbonyl (C=O) groups excluding carboxylic acids is 1. The van der Waals surface area contributed by atoms with Gasteiger partial charge in [0.05, 0.1) is 10.6 Å². The second kappa shape index (κ2) is 5.47. The van der Waals surface area contributed by atoms with Gasteiger partial charge >= 0.3 is 0 Å². The summed E-state index contributed by atoms with van der Waals surface area (Å²) in [5.74, 6) is -0.810. The van der Waals surface area contributed by atoms with Gasteiger partial charge in [-0.05, 0) is 12.1 Å². The molecule has 0 aliphatic heterocycles. The van der Waals surface area contributed by atoms with Crippen LogP contribution in [-0.4, -0.2) is 11.9 Å². The fourth-order valence-corrected chi connectivity index (χ4v) is 1.03. The summed E-state index contributed by atoms with van der Waals surface area (Å²) in [5.41, 5.74) is 10.4. The van der Waals surface area contributed by atoms with Crippen LogP contribution in [0.3, 0.4) is 0 Å². The molecule has 0 aliphatic rings. The van der Waals surface area contributed by atoms with Gasteiger partial charge in [-0.15, -0.1) is 12.4 Å². The van der Waals surface area contributed by atoms with Crippen molar-refractivity contribution < 1.29 is 4.79 Å². The van der Waals surface area contributed by atoms with E-state index in [9.17, 15) is 4.79 Å². The van der Waals surface area contributed by atoms with E-state index >= 15 is 0 Å². The Labute approximate surface area is 92.4 Å². The Balaban J connectivity index is 0.00000169. The van der Waals surface area contributed by atoms with Crippen molar-refractivity contribution in [1.82, 2.24) is 0 Å². The van der Waals surface area contributed by atoms with Crippen molar-refractivity contribution in [2.45, 2.75) is 0 Å². The lowest BCUT2D eigenvalue weighted by Crippen LogP contribution is -2.24. The van der Waals surface area contributed by atoms with Gasteiger partial charge in [0, 0.05) is 0 Å². The largest absolute Gasteiger partial charge is 0.370 e. The third kappa shape index (κ3) is 3.24. The zero-order valence-electron chi connectivity index (χ0n) is 7.11. The molecule has 76 valence electrons. The molecule has 1 rings (SSSR count). The van der Waals surface area contributed by atoms with Crippen LogP contribution < -0.4 is 11.5 Å². The summed E-state index contributed by atoms with van der Waals surface area (Å²) in [4.78, 5) is 14.6. The minimum atomic E-state index is -0.536. The minimum Gasteiger partial charge on any atom is -0.370 e. The van der Waals surface area contributed by atoms with Crippen LogP contribution in [0, 0.1) is 0 Å². The van der Waals surface area contributed by atoms with Gasteiger partial charge in [0.25, 0.3) is 5.91 Å². The molecule has 4 nitrogen and oxygen atoms in total. The standard InChI is InChI=1S/C8H8ClN3O.ClH/c9-6-4-2-1-3-5(6)7(13)12-8(10)11;/h1-4H,(H4,10,11,12,13);1H. The first-order chi connectivity index (χ1) is 6.11. The Morgan fingerprint density at radius 1 is 1.29 bits per heavy atom. The zero-order chi connectivity index (χ0) is 9.84. The van der Waals surface area contributed by atoms with Crippen molar-refractivity contribution >= 4 is 35.9 Å². The lowest BCUT2D eigenvalue weighted by Gasteiger charge is -1.97. The van der Waals surface area contributed by atoms with Gasteiger partial charge in [-0.2, -0.15) is 4.99 Å². The van der Waals surface area contributed by atoms with Gasteiger partial charge in [0.15, 0.2) is 5.96 Å². The number of amides is 1. The SMILES string of the molecule is Cl.NC(N)=NC(=O)c1ccccc1Cl. The van der Waals surface area contributed by atoms with Crippen LogP contribution in [0.15, 0.2) is 29.3 Å². The summed E-state index contributed by atoms with van der Waals surface area (Å²) in [6.07, 6.45) is 0. The molecular formula is C8H9Cl2N3O. The summed E-state index contributed by atoms with van der Waals surface area (Å²) >= 11 is 5.73. The molecule has 14 heavy (non-hydrogen) atoms. The van der Waals surface area contributed by atoms with Crippen LogP contribution in [0.4, 0.5) is 0 Å². The van der Waals surface area contributed by atoms with E-state index in [4.69, 9.17) is 23.1 Å². The highest BCUT2D eigenvalue weighted by atomic mass is 35.5. The normalized spacial score (nSPS) is 8.64. The summed E-state index contributed by atoms with van der Waals surface area (Å²) < 4.78 is 0. The number of hydrogen-bond acceptors (Lipinski definition) is 1. The van der Waals surface area contributed by atoms with Crippen molar-refractivity contribution in [3.8, 4) is 0 Å². The van der Waals surface area contributed by atoms with Crippen LogP contribution in [0.1, 0.15) is 10.4 Å². The van der Waals surface area contributed by atoms with Crippen molar-refractivity contribution in [3.05, 3.63) is 34.9 Å². The van der Waals surface area contributed by atoms with Gasteiger partial charge in [0.1, 0.15) is 0 Å². The molecule has 6 heteroatoms. The first-order valence-electron chi connectivity index (χ1n) is 3.50. The van der Waals surface area contributed by atoms with Crippen molar-refractivity contribution in [2.24, 2.45) is 16.5 Å². The molecule has 0 fully saturated rings. The average molecular weight is 234 g/mol. The van der Waals surface area contributed by atoms with E-state index in [1.54, 1.807) is 24.3 Å². The summed E-state index contributed by atoms with van der Waals surface area (Å²) in [7, 11) is 0. The van der Waals surface area contributed by atoms with Crippen LogP contribution in [0.25, 0.3) is 0 Å². The molecule has 1 amide bonds. The number of carbonyl (C=O) groups is 1. The molecule has 0 unspecified atom stereocenters. The lowest BCUT2D eigenvalue weighted by molar-refractivity contribution is 0.100. The molecule has 0 atom stereocenters. The van der Waals surface area contributed by atoms with Crippen molar-refractivity contribution in [3.63, 3.8) is 0 Å². The Morgan fingerprint density at radius 2 is 1.86 bits per heavy atom. The molecule has 4 N–H and O–H groups in total. The molecule has 1 aromatic carbocycles. The van der Waals surface area contributed by atoms with Crippen molar-refractivity contribution in [2.75, 3.05) is 0 Å². The Kier molecular flexibility index (Phi) is 4.97. The number of guanidine groups is 1. The minimum absolute atomic E-state index is 0. The van der Waals surface area contributed by atoms with Gasteiger partial charge in [-0.3, -0.25) is 4.79 Å². The molecule has 0 spiro atoms. The number of benzene rings is 1. The Morgan fingerprint density at radius 3 is 2.36 bits per heavy atom. The summed E-state index contributed by atoms with van der Waals surface area (Å²) in [5, 5.41) is 0.331. The van der Waals surface area contributed by atoms with E-state index in [0.29, 0.717) is 5.02 Å². The smallest absolute Gasteiger partial charge is 0.281 e. The van der Waals surface area contributed by atoms with E-state index in [-0.39, 0.29) is 23.9 Å². The highest BCUT2D eigenvalue weighted by molar-refractivity contribution is 6.34. The second-order valence-electron chi connectivity index (χ2n) is 2.32. The number of hydrogen-bond donors (Lipinski definition) is 2. The fraction of sp³-hybridized carbons (Fsp3) is 0. The molecule has 0 heterocycles. The van der Waals surface area contributed by atoms with E-state index in [0.717, 1.165) is 0 Å². The van der Waals surface area contributed by atoms with Crippen LogP contribution in [-0.2, 0) is 0 Å². The van der Waals surface area contributed by atoms with Gasteiger partial charge < -0.3 is 11.5 Å². The quantitative estimate of drug-likeness (QED) is 0.565. The number of rotatable bonds is 1. The topological polar surface area (TPSA) is 81.5 Å². The van der Waals surface area contributed by atoms with E-state index < -0.39 is 5.91 Å². The number of halogens is 2. The molecule has 0 aromatic heterocycles. The Hall–Kier alpha value is -1.26. The average Bonchev–Trinajstić information content (AvgIpc) is 2.03. The molecular weight excluding hydrogens is 225 g/mol. The number of nitrogens with zero attached hydrogens (tertiary/aromatic N) is 1. The third-order valence-electron chi connectivity index (χ3n) is 1.33. The lowest BCUT2D eigenvalue weighted by atomic mass is 10.2. The second-order valence-corrected chi connectivity index (χ2v) is 2.73. The molecule has 0 radical (unpaired) electrons. The highest BCUT2D eigenvalue weighted by Gasteiger charge is 2.07. The first-order valence-corrected chi connectivity index (χ1v) is 3.87. The molecule has 1 aromatic rings. The maximum atomic E-state index is 11.2. The predicted octanol–water partition coefficient (Wildman–Crippen LogP) is 1.18. The maximum Gasteiger partial charge on any atom is 0.281 e. The van der Waals surface area contributed by atoms with Crippen LogP contribution in [0.5, 0.6) is 0 Å². The summed E-state index contributed by atoms with van der Waals surface area (Å²) in [6, 6.07) is 6.55. The summed E-state index contributed by atoms with van der Waals surface area (Å²) in [6.45, 7) is 0. The first kappa shape index (κ1) is 12.7. The van der Waals surface area contributed by atoms with E-state index in [1.807, 2.05) is 0 Å². The van der Waals surface area contributed by atoms with E-state index in [1.165, 1.54) is 0 Å². The van der Waals surface area contributed by atoms with E-state index in [2.05, 4.69) is 4.99 Å². The molecule has 0 bridgehead atoms. The predicted molar refractivity (Wildman–Crippen MR) is 58.8 cm³/mol. The van der Waals surface area contributed by atoms with Gasteiger partial charge in [-0.25, -0.2) is 0 Å². The van der Waals surface area contributed by atoms with Gasteiger partial charge in [0.2, 0.25) is 0 Å². The highest BCUT2D eigenvalue weighted by Crippen LogP contribution is 2.15. The van der Waals surface area contributed by atoms with Crippen molar-refractivity contribution in [1.29, 1.82) is 0 Å². The number of nitrogens with two attached hydrogens (primary N) is 2. The zero-order valence-corrected chi connectivity index (χ0v) is 8.68. The Bertz CT molecular complexity index is 361. The fourth-order valence-electron chi connectivity index (χ4n) is 0.812. The van der Waals surface area contributed by atoms with Crippen LogP contribution >= 0.6 is 24.0 Å². The van der Waals surface area contributed by atoms with Crippen LogP contribution in [0.2, 0.25) is 5.02 Å². The monoisotopic (exact) mass is 233 g/mol. The number of aliphatic imine (C=N–C) groups is 1. The molecule has 0 aliphatic carbocycles.